The van der Waals surface area contributed by atoms with E-state index in [0.29, 0.717) is 16.8 Å². The lowest BCUT2D eigenvalue weighted by Gasteiger charge is -2.16. The molecule has 0 atom stereocenters. The fourth-order valence-electron chi connectivity index (χ4n) is 3.80. The fourth-order valence-corrected chi connectivity index (χ4v) is 5.27. The lowest BCUT2D eigenvalue weighted by Crippen LogP contribution is -2.33. The Labute approximate surface area is 213 Å². The summed E-state index contributed by atoms with van der Waals surface area (Å²) in [4.78, 5) is 30.1. The normalized spacial score (nSPS) is 14.5. The standard InChI is InChI=1S/C22H16Cl2N6O5S/c1-22(5-6-22)29-17-9-12(3-4-15(17)26-21(29)36(2,33)34)35-18-13(23)7-11(8-14(18)24)30-20(32)27-19(31)16(10-25)28-30/h3-4,7-9H,5-6H2,1-2H3,(H,27,31,32). The molecule has 4 aromatic rings. The predicted octanol–water partition coefficient (Wildman–Crippen LogP) is 3.15. The number of benzene rings is 2. The van der Waals surface area contributed by atoms with Gasteiger partial charge in [0.1, 0.15) is 11.8 Å². The number of halogens is 2. The quantitative estimate of drug-likeness (QED) is 0.400. The molecule has 36 heavy (non-hydrogen) atoms. The third-order valence-corrected chi connectivity index (χ3v) is 7.32. The summed E-state index contributed by atoms with van der Waals surface area (Å²) in [7, 11) is -3.57. The van der Waals surface area contributed by atoms with Crippen molar-refractivity contribution < 1.29 is 13.2 Å². The van der Waals surface area contributed by atoms with E-state index in [-0.39, 0.29) is 32.2 Å². The molecule has 11 nitrogen and oxygen atoms in total. The largest absolute Gasteiger partial charge is 0.454 e. The van der Waals surface area contributed by atoms with E-state index in [0.717, 1.165) is 23.8 Å². The minimum absolute atomic E-state index is 0.00866. The molecule has 0 saturated heterocycles. The van der Waals surface area contributed by atoms with Gasteiger partial charge in [-0.15, -0.1) is 5.10 Å². The van der Waals surface area contributed by atoms with Gasteiger partial charge in [0.2, 0.25) is 20.7 Å². The van der Waals surface area contributed by atoms with Crippen LogP contribution in [0.4, 0.5) is 0 Å². The van der Waals surface area contributed by atoms with E-state index in [1.807, 2.05) is 11.9 Å². The van der Waals surface area contributed by atoms with Gasteiger partial charge < -0.3 is 9.30 Å². The van der Waals surface area contributed by atoms with Crippen molar-refractivity contribution in [2.75, 3.05) is 6.26 Å². The number of aromatic nitrogens is 5. The molecule has 0 bridgehead atoms. The van der Waals surface area contributed by atoms with Crippen molar-refractivity contribution in [1.82, 2.24) is 24.3 Å². The fraction of sp³-hybridized carbons (Fsp3) is 0.227. The van der Waals surface area contributed by atoms with Crippen molar-refractivity contribution in [2.24, 2.45) is 0 Å². The number of imidazole rings is 1. The Hall–Kier alpha value is -3.66. The highest BCUT2D eigenvalue weighted by Gasteiger charge is 2.43. The summed E-state index contributed by atoms with van der Waals surface area (Å²) in [5.41, 5.74) is -1.47. The number of sulfone groups is 1. The summed E-state index contributed by atoms with van der Waals surface area (Å²) in [5.74, 6) is 0.405. The summed E-state index contributed by atoms with van der Waals surface area (Å²) < 4.78 is 33.2. The Morgan fingerprint density at radius 1 is 1.17 bits per heavy atom. The van der Waals surface area contributed by atoms with E-state index in [2.05, 4.69) is 10.1 Å². The third-order valence-electron chi connectivity index (χ3n) is 5.82. The van der Waals surface area contributed by atoms with Crippen molar-refractivity contribution >= 4 is 44.1 Å². The van der Waals surface area contributed by atoms with Crippen LogP contribution in [-0.2, 0) is 15.4 Å². The lowest BCUT2D eigenvalue weighted by molar-refractivity contribution is 0.477. The molecule has 1 N–H and O–H groups in total. The van der Waals surface area contributed by atoms with Gasteiger partial charge in [0.25, 0.3) is 5.56 Å². The average molecular weight is 547 g/mol. The second kappa shape index (κ2) is 8.19. The first kappa shape index (κ1) is 24.1. The van der Waals surface area contributed by atoms with Gasteiger partial charge in [-0.05, 0) is 44.0 Å². The van der Waals surface area contributed by atoms with Crippen LogP contribution < -0.4 is 16.0 Å². The first-order chi connectivity index (χ1) is 16.9. The molecule has 184 valence electrons. The second-order valence-electron chi connectivity index (χ2n) is 8.62. The third kappa shape index (κ3) is 4.05. The van der Waals surface area contributed by atoms with Gasteiger partial charge in [-0.2, -0.15) is 9.94 Å². The molecule has 1 aliphatic carbocycles. The lowest BCUT2D eigenvalue weighted by atomic mass is 10.2. The van der Waals surface area contributed by atoms with Crippen LogP contribution in [0.15, 0.2) is 45.1 Å². The maximum Gasteiger partial charge on any atom is 0.349 e. The van der Waals surface area contributed by atoms with E-state index in [1.54, 1.807) is 28.8 Å². The number of hydrogen-bond acceptors (Lipinski definition) is 8. The van der Waals surface area contributed by atoms with Crippen molar-refractivity contribution in [3.05, 3.63) is 66.9 Å². The van der Waals surface area contributed by atoms with Crippen LogP contribution in [0.1, 0.15) is 25.5 Å². The number of hydrogen-bond donors (Lipinski definition) is 1. The zero-order chi connectivity index (χ0) is 26.0. The van der Waals surface area contributed by atoms with Crippen molar-refractivity contribution in [1.29, 1.82) is 5.26 Å². The topological polar surface area (TPSA) is 153 Å². The molecule has 2 aromatic carbocycles. The maximum atomic E-state index is 12.4. The molecule has 1 fully saturated rings. The van der Waals surface area contributed by atoms with Crippen LogP contribution in [0, 0.1) is 11.3 Å². The van der Waals surface area contributed by atoms with Crippen LogP contribution in [0.5, 0.6) is 11.5 Å². The summed E-state index contributed by atoms with van der Waals surface area (Å²) in [6.45, 7) is 1.97. The molecule has 0 amide bonds. The summed E-state index contributed by atoms with van der Waals surface area (Å²) in [6, 6.07) is 9.19. The van der Waals surface area contributed by atoms with Gasteiger partial charge in [-0.3, -0.25) is 9.78 Å². The second-order valence-corrected chi connectivity index (χ2v) is 11.3. The number of H-pyrrole nitrogens is 1. The zero-order valence-electron chi connectivity index (χ0n) is 18.7. The number of nitrogens with one attached hydrogen (secondary N) is 1. The maximum absolute atomic E-state index is 12.4. The highest BCUT2D eigenvalue weighted by Crippen LogP contribution is 2.47. The Morgan fingerprint density at radius 2 is 1.83 bits per heavy atom. The summed E-state index contributed by atoms with van der Waals surface area (Å²) >= 11 is 12.8. The molecule has 1 saturated carbocycles. The summed E-state index contributed by atoms with van der Waals surface area (Å²) in [5, 5.41) is 12.8. The van der Waals surface area contributed by atoms with Crippen molar-refractivity contribution in [2.45, 2.75) is 30.5 Å². The van der Waals surface area contributed by atoms with Gasteiger partial charge in [-0.25, -0.2) is 18.2 Å². The van der Waals surface area contributed by atoms with Crippen LogP contribution in [-0.4, -0.2) is 39.0 Å². The number of fused-ring (bicyclic) bond motifs is 1. The molecule has 1 aliphatic rings. The molecular weight excluding hydrogens is 531 g/mol. The van der Waals surface area contributed by atoms with Crippen molar-refractivity contribution in [3.8, 4) is 23.3 Å². The number of nitriles is 1. The monoisotopic (exact) mass is 546 g/mol. The van der Waals surface area contributed by atoms with Crippen molar-refractivity contribution in [3.63, 3.8) is 0 Å². The van der Waals surface area contributed by atoms with Crippen LogP contribution in [0.3, 0.4) is 0 Å². The van der Waals surface area contributed by atoms with E-state index in [4.69, 9.17) is 33.2 Å². The SMILES string of the molecule is CC1(n2c(S(C)(=O)=O)nc3ccc(Oc4c(Cl)cc(-n5nc(C#N)c(=O)[nH]c5=O)cc4Cl)cc32)CC1. The number of aromatic amines is 1. The Balaban J connectivity index is 1.57. The zero-order valence-corrected chi connectivity index (χ0v) is 21.1. The van der Waals surface area contributed by atoms with Gasteiger partial charge in [0.05, 0.1) is 26.8 Å². The molecule has 5 rings (SSSR count). The minimum Gasteiger partial charge on any atom is -0.454 e. The van der Waals surface area contributed by atoms with Gasteiger partial charge in [0.15, 0.2) is 5.75 Å². The number of ether oxygens (including phenoxy) is 1. The smallest absolute Gasteiger partial charge is 0.349 e. The molecule has 14 heteroatoms. The van der Waals surface area contributed by atoms with E-state index >= 15 is 0 Å². The molecule has 0 unspecified atom stereocenters. The average Bonchev–Trinajstić information content (AvgIpc) is 3.40. The molecular formula is C22H16Cl2N6O5S. The van der Waals surface area contributed by atoms with Crippen LogP contribution in [0.25, 0.3) is 16.7 Å². The molecule has 2 heterocycles. The molecule has 0 spiro atoms. The van der Waals surface area contributed by atoms with Crippen LogP contribution in [0.2, 0.25) is 10.0 Å². The predicted molar refractivity (Wildman–Crippen MR) is 131 cm³/mol. The Bertz CT molecular complexity index is 1820. The molecule has 0 radical (unpaired) electrons. The van der Waals surface area contributed by atoms with Gasteiger partial charge in [-0.1, -0.05) is 23.2 Å². The Kier molecular flexibility index (Phi) is 5.47. The Morgan fingerprint density at radius 3 is 2.42 bits per heavy atom. The van der Waals surface area contributed by atoms with E-state index in [1.165, 1.54) is 12.1 Å². The van der Waals surface area contributed by atoms with Gasteiger partial charge in [0, 0.05) is 17.9 Å². The highest BCUT2D eigenvalue weighted by atomic mass is 35.5. The number of nitrogens with zero attached hydrogens (tertiary/aromatic N) is 5. The molecule has 2 aromatic heterocycles. The van der Waals surface area contributed by atoms with Gasteiger partial charge >= 0.3 is 5.69 Å². The van der Waals surface area contributed by atoms with E-state index in [9.17, 15) is 18.0 Å². The van der Waals surface area contributed by atoms with E-state index < -0.39 is 26.8 Å². The first-order valence-corrected chi connectivity index (χ1v) is 13.1. The summed E-state index contributed by atoms with van der Waals surface area (Å²) in [6.07, 6.45) is 2.75. The minimum atomic E-state index is -3.57. The number of rotatable bonds is 5. The highest BCUT2D eigenvalue weighted by molar-refractivity contribution is 7.90. The molecule has 0 aliphatic heterocycles. The van der Waals surface area contributed by atoms with Crippen LogP contribution >= 0.6 is 23.2 Å². The first-order valence-electron chi connectivity index (χ1n) is 10.5.